The Hall–Kier alpha value is -0.990. The minimum absolute atomic E-state index is 0.00377. The Morgan fingerprint density at radius 1 is 1.44 bits per heavy atom. The minimum Gasteiger partial charge on any atom is -0.298 e. The predicted molar refractivity (Wildman–Crippen MR) is 59.2 cm³/mol. The molecule has 1 aromatic carbocycles. The normalized spacial score (nSPS) is 11.1. The van der Waals surface area contributed by atoms with Crippen LogP contribution in [0.1, 0.15) is 10.4 Å². The number of benzene rings is 1. The van der Waals surface area contributed by atoms with Gasteiger partial charge in [-0.05, 0) is 15.9 Å². The predicted octanol–water partition coefficient (Wildman–Crippen LogP) is 2.10. The maximum Gasteiger partial charge on any atom is 0.271 e. The third-order valence-electron chi connectivity index (χ3n) is 1.67. The van der Waals surface area contributed by atoms with Crippen LogP contribution in [-0.2, 0) is 9.05 Å². The lowest BCUT2D eigenvalue weighted by atomic mass is 10.2. The summed E-state index contributed by atoms with van der Waals surface area (Å²) in [6, 6.07) is 1.76. The van der Waals surface area contributed by atoms with Gasteiger partial charge in [-0.15, -0.1) is 0 Å². The van der Waals surface area contributed by atoms with Gasteiger partial charge in [0.1, 0.15) is 4.90 Å². The summed E-state index contributed by atoms with van der Waals surface area (Å²) < 4.78 is 22.2. The van der Waals surface area contributed by atoms with Crippen molar-refractivity contribution < 1.29 is 18.1 Å². The van der Waals surface area contributed by atoms with Crippen LogP contribution in [0.2, 0.25) is 0 Å². The highest BCUT2D eigenvalue weighted by Crippen LogP contribution is 2.30. The highest BCUT2D eigenvalue weighted by Gasteiger charge is 2.22. The molecule has 6 nitrogen and oxygen atoms in total. The first-order chi connectivity index (χ1) is 7.27. The molecule has 0 saturated heterocycles. The molecular weight excluding hydrogens is 326 g/mol. The third-order valence-corrected chi connectivity index (χ3v) is 3.69. The fraction of sp³-hybridized carbons (Fsp3) is 0. The van der Waals surface area contributed by atoms with Crippen molar-refractivity contribution in [3.8, 4) is 0 Å². The second-order valence-corrected chi connectivity index (χ2v) is 6.04. The number of nitrogens with zero attached hydrogens (tertiary/aromatic N) is 1. The van der Waals surface area contributed by atoms with Crippen molar-refractivity contribution in [3.05, 3.63) is 32.3 Å². The fourth-order valence-corrected chi connectivity index (χ4v) is 2.74. The van der Waals surface area contributed by atoms with E-state index in [-0.39, 0.29) is 16.3 Å². The van der Waals surface area contributed by atoms with E-state index in [4.69, 9.17) is 10.7 Å². The smallest absolute Gasteiger partial charge is 0.271 e. The molecule has 0 aliphatic carbocycles. The molecule has 1 rings (SSSR count). The first-order valence-corrected chi connectivity index (χ1v) is 6.75. The molecule has 86 valence electrons. The molecule has 0 unspecified atom stereocenters. The van der Waals surface area contributed by atoms with Gasteiger partial charge in [0.05, 0.1) is 4.92 Å². The molecule has 1 aromatic rings. The molecule has 0 heterocycles. The van der Waals surface area contributed by atoms with Crippen LogP contribution in [0.5, 0.6) is 0 Å². The van der Waals surface area contributed by atoms with Crippen LogP contribution >= 0.6 is 26.6 Å². The fourth-order valence-electron chi connectivity index (χ4n) is 1.00. The number of hydrogen-bond acceptors (Lipinski definition) is 5. The number of nitro benzene ring substituents is 1. The highest BCUT2D eigenvalue weighted by molar-refractivity contribution is 9.10. The Balaban J connectivity index is 3.69. The van der Waals surface area contributed by atoms with Crippen molar-refractivity contribution in [1.29, 1.82) is 0 Å². The van der Waals surface area contributed by atoms with Crippen LogP contribution in [0.15, 0.2) is 21.5 Å². The minimum atomic E-state index is -4.22. The molecule has 9 heteroatoms. The number of halogens is 2. The SMILES string of the molecule is O=Cc1c(Br)cc([N+](=O)[O-])cc1S(=O)(=O)Cl. The monoisotopic (exact) mass is 327 g/mol. The number of non-ortho nitro benzene ring substituents is 1. The molecule has 0 aliphatic rings. The maximum absolute atomic E-state index is 11.1. The summed E-state index contributed by atoms with van der Waals surface area (Å²) in [5.74, 6) is 0. The molecule has 0 saturated carbocycles. The van der Waals surface area contributed by atoms with E-state index in [9.17, 15) is 23.3 Å². The summed E-state index contributed by atoms with van der Waals surface area (Å²) in [5.41, 5.74) is -0.725. The van der Waals surface area contributed by atoms with Gasteiger partial charge >= 0.3 is 0 Å². The van der Waals surface area contributed by atoms with E-state index in [1.807, 2.05) is 0 Å². The van der Waals surface area contributed by atoms with Crippen molar-refractivity contribution in [2.75, 3.05) is 0 Å². The maximum atomic E-state index is 11.1. The third kappa shape index (κ3) is 2.57. The second kappa shape index (κ2) is 4.48. The zero-order valence-electron chi connectivity index (χ0n) is 7.38. The molecule has 0 fully saturated rings. The Bertz CT molecular complexity index is 570. The van der Waals surface area contributed by atoms with Crippen LogP contribution < -0.4 is 0 Å². The summed E-state index contributed by atoms with van der Waals surface area (Å²) in [5, 5.41) is 10.5. The van der Waals surface area contributed by atoms with Gasteiger partial charge in [0.2, 0.25) is 0 Å². The molecule has 0 radical (unpaired) electrons. The molecule has 0 amide bonds. The number of carbonyl (C=O) groups is 1. The van der Waals surface area contributed by atoms with Gasteiger partial charge in [-0.1, -0.05) is 0 Å². The van der Waals surface area contributed by atoms with Gasteiger partial charge in [0.15, 0.2) is 6.29 Å². The molecule has 0 spiro atoms. The van der Waals surface area contributed by atoms with Crippen molar-refractivity contribution >= 4 is 47.6 Å². The summed E-state index contributed by atoms with van der Waals surface area (Å²) in [7, 11) is 0.843. The van der Waals surface area contributed by atoms with E-state index in [1.54, 1.807) is 0 Å². The summed E-state index contributed by atoms with van der Waals surface area (Å²) in [6.07, 6.45) is 0.253. The molecule has 0 N–H and O–H groups in total. The first-order valence-electron chi connectivity index (χ1n) is 3.65. The Labute approximate surface area is 103 Å². The lowest BCUT2D eigenvalue weighted by Crippen LogP contribution is -2.00. The van der Waals surface area contributed by atoms with E-state index >= 15 is 0 Å². The Kier molecular flexibility index (Phi) is 3.66. The summed E-state index contributed by atoms with van der Waals surface area (Å²) in [4.78, 5) is 19.8. The zero-order chi connectivity index (χ0) is 12.5. The van der Waals surface area contributed by atoms with Crippen LogP contribution in [0.25, 0.3) is 0 Å². The van der Waals surface area contributed by atoms with E-state index in [1.165, 1.54) is 0 Å². The van der Waals surface area contributed by atoms with E-state index < -0.39 is 24.6 Å². The quantitative estimate of drug-likeness (QED) is 0.366. The number of nitro groups is 1. The van der Waals surface area contributed by atoms with Crippen molar-refractivity contribution in [2.24, 2.45) is 0 Å². The van der Waals surface area contributed by atoms with Crippen molar-refractivity contribution in [3.63, 3.8) is 0 Å². The topological polar surface area (TPSA) is 94.3 Å². The summed E-state index contributed by atoms with van der Waals surface area (Å²) in [6.45, 7) is 0. The van der Waals surface area contributed by atoms with Gasteiger partial charge in [-0.3, -0.25) is 14.9 Å². The van der Waals surface area contributed by atoms with Crippen LogP contribution in [0.3, 0.4) is 0 Å². The van der Waals surface area contributed by atoms with Gasteiger partial charge in [-0.2, -0.15) is 0 Å². The first kappa shape index (κ1) is 13.1. The standard InChI is InChI=1S/C7H3BrClNO5S/c8-6-1-4(10(12)13)2-7(5(6)3-11)16(9,14)15/h1-3H. The van der Waals surface area contributed by atoms with Gasteiger partial charge < -0.3 is 0 Å². The highest BCUT2D eigenvalue weighted by atomic mass is 79.9. The Morgan fingerprint density at radius 3 is 2.38 bits per heavy atom. The molecule has 16 heavy (non-hydrogen) atoms. The van der Waals surface area contributed by atoms with Crippen molar-refractivity contribution in [1.82, 2.24) is 0 Å². The number of aldehydes is 1. The van der Waals surface area contributed by atoms with E-state index in [2.05, 4.69) is 15.9 Å². The van der Waals surface area contributed by atoms with Crippen molar-refractivity contribution in [2.45, 2.75) is 4.90 Å². The molecule has 0 aliphatic heterocycles. The van der Waals surface area contributed by atoms with Crippen LogP contribution in [0, 0.1) is 10.1 Å². The van der Waals surface area contributed by atoms with E-state index in [0.717, 1.165) is 12.1 Å². The molecule has 0 atom stereocenters. The average molecular weight is 329 g/mol. The summed E-state index contributed by atoms with van der Waals surface area (Å²) >= 11 is 2.86. The van der Waals surface area contributed by atoms with Crippen LogP contribution in [0.4, 0.5) is 5.69 Å². The number of rotatable bonds is 3. The van der Waals surface area contributed by atoms with Gasteiger partial charge in [-0.25, -0.2) is 8.42 Å². The lowest BCUT2D eigenvalue weighted by Gasteiger charge is -2.03. The number of hydrogen-bond donors (Lipinski definition) is 0. The lowest BCUT2D eigenvalue weighted by molar-refractivity contribution is -0.385. The Morgan fingerprint density at radius 2 is 2.00 bits per heavy atom. The zero-order valence-corrected chi connectivity index (χ0v) is 10.5. The molecular formula is C7H3BrClNO5S. The van der Waals surface area contributed by atoms with Gasteiger partial charge in [0.25, 0.3) is 14.7 Å². The average Bonchev–Trinajstić information content (AvgIpc) is 2.14. The van der Waals surface area contributed by atoms with Gasteiger partial charge in [0, 0.05) is 32.9 Å². The largest absolute Gasteiger partial charge is 0.298 e. The van der Waals surface area contributed by atoms with E-state index in [0.29, 0.717) is 0 Å². The molecule has 0 aromatic heterocycles. The molecule has 0 bridgehead atoms. The second-order valence-electron chi connectivity index (χ2n) is 2.65. The number of carbonyl (C=O) groups excluding carboxylic acids is 1. The van der Waals surface area contributed by atoms with Crippen LogP contribution in [-0.4, -0.2) is 19.6 Å².